The van der Waals surface area contributed by atoms with E-state index in [1.165, 1.54) is 24.1 Å². The Hall–Kier alpha value is -2.89. The van der Waals surface area contributed by atoms with Crippen molar-refractivity contribution in [3.8, 4) is 5.75 Å². The number of ether oxygens (including phenoxy) is 1. The molecule has 1 saturated heterocycles. The minimum Gasteiger partial charge on any atom is -0.495 e. The Kier molecular flexibility index (Phi) is 4.70. The second-order valence-electron chi connectivity index (χ2n) is 6.05. The molecule has 1 N–H and O–H groups in total. The lowest BCUT2D eigenvalue weighted by molar-refractivity contribution is -0.122. The fourth-order valence-corrected chi connectivity index (χ4v) is 2.94. The molecule has 2 amide bonds. The number of hydrogen-bond acceptors (Lipinski definition) is 3. The standard InChI is InChI=1S/C19H19FN2O3/c1-12-7-8-17(25-2)15(9-12)21-19(24)13-10-18(23)22(11-13)16-6-4-3-5-14(16)20/h3-9,13H,10-11H2,1-2H3,(H,21,24)/t13-/m0/s1. The van der Waals surface area contributed by atoms with E-state index in [2.05, 4.69) is 5.32 Å². The van der Waals surface area contributed by atoms with Crippen molar-refractivity contribution in [2.45, 2.75) is 13.3 Å². The average molecular weight is 342 g/mol. The van der Waals surface area contributed by atoms with Gasteiger partial charge in [-0.3, -0.25) is 9.59 Å². The Labute approximate surface area is 145 Å². The van der Waals surface area contributed by atoms with Crippen LogP contribution >= 0.6 is 0 Å². The van der Waals surface area contributed by atoms with Gasteiger partial charge in [0.25, 0.3) is 0 Å². The van der Waals surface area contributed by atoms with Gasteiger partial charge in [0.1, 0.15) is 11.6 Å². The summed E-state index contributed by atoms with van der Waals surface area (Å²) in [6.45, 7) is 2.06. The number of methoxy groups -OCH3 is 1. The minimum absolute atomic E-state index is 0.0499. The number of carbonyl (C=O) groups is 2. The van der Waals surface area contributed by atoms with Gasteiger partial charge in [0, 0.05) is 13.0 Å². The number of aryl methyl sites for hydroxylation is 1. The Morgan fingerprint density at radius 3 is 2.76 bits per heavy atom. The Morgan fingerprint density at radius 2 is 2.04 bits per heavy atom. The third-order valence-corrected chi connectivity index (χ3v) is 4.25. The van der Waals surface area contributed by atoms with Crippen molar-refractivity contribution in [1.82, 2.24) is 0 Å². The number of anilines is 2. The molecule has 0 aliphatic carbocycles. The summed E-state index contributed by atoms with van der Waals surface area (Å²) in [5, 5.41) is 2.81. The van der Waals surface area contributed by atoms with E-state index in [1.807, 2.05) is 19.1 Å². The largest absolute Gasteiger partial charge is 0.495 e. The lowest BCUT2D eigenvalue weighted by Crippen LogP contribution is -2.28. The van der Waals surface area contributed by atoms with Crippen LogP contribution in [0.3, 0.4) is 0 Å². The van der Waals surface area contributed by atoms with Gasteiger partial charge in [-0.2, -0.15) is 0 Å². The summed E-state index contributed by atoms with van der Waals surface area (Å²) in [5.41, 5.74) is 1.74. The van der Waals surface area contributed by atoms with Crippen LogP contribution in [0.4, 0.5) is 15.8 Å². The van der Waals surface area contributed by atoms with Gasteiger partial charge >= 0.3 is 0 Å². The molecule has 130 valence electrons. The van der Waals surface area contributed by atoms with Crippen molar-refractivity contribution < 1.29 is 18.7 Å². The molecule has 0 bridgehead atoms. The molecule has 5 nitrogen and oxygen atoms in total. The van der Waals surface area contributed by atoms with Crippen molar-refractivity contribution in [2.75, 3.05) is 23.9 Å². The highest BCUT2D eigenvalue weighted by Crippen LogP contribution is 2.30. The van der Waals surface area contributed by atoms with Crippen LogP contribution in [-0.4, -0.2) is 25.5 Å². The molecule has 3 rings (SSSR count). The summed E-state index contributed by atoms with van der Waals surface area (Å²) in [4.78, 5) is 26.1. The van der Waals surface area contributed by atoms with Crippen LogP contribution in [0.1, 0.15) is 12.0 Å². The summed E-state index contributed by atoms with van der Waals surface area (Å²) < 4.78 is 19.2. The highest BCUT2D eigenvalue weighted by atomic mass is 19.1. The Bertz CT molecular complexity index is 822. The number of para-hydroxylation sites is 1. The molecule has 0 radical (unpaired) electrons. The normalized spacial score (nSPS) is 16.8. The molecular weight excluding hydrogens is 323 g/mol. The van der Waals surface area contributed by atoms with Gasteiger partial charge in [-0.1, -0.05) is 18.2 Å². The van der Waals surface area contributed by atoms with Gasteiger partial charge in [0.15, 0.2) is 0 Å². The maximum absolute atomic E-state index is 13.9. The van der Waals surface area contributed by atoms with Crippen LogP contribution in [0.15, 0.2) is 42.5 Å². The smallest absolute Gasteiger partial charge is 0.229 e. The molecule has 0 spiro atoms. The van der Waals surface area contributed by atoms with Crippen LogP contribution in [-0.2, 0) is 9.59 Å². The first-order valence-electron chi connectivity index (χ1n) is 8.00. The van der Waals surface area contributed by atoms with E-state index in [9.17, 15) is 14.0 Å². The molecule has 6 heteroatoms. The summed E-state index contributed by atoms with van der Waals surface area (Å²) in [5.74, 6) is -1.01. The van der Waals surface area contributed by atoms with E-state index < -0.39 is 11.7 Å². The predicted molar refractivity (Wildman–Crippen MR) is 93.2 cm³/mol. The molecule has 0 saturated carbocycles. The Balaban J connectivity index is 1.75. The van der Waals surface area contributed by atoms with Crippen LogP contribution in [0.25, 0.3) is 0 Å². The van der Waals surface area contributed by atoms with E-state index in [1.54, 1.807) is 18.2 Å². The zero-order valence-electron chi connectivity index (χ0n) is 14.1. The first kappa shape index (κ1) is 17.0. The highest BCUT2D eigenvalue weighted by molar-refractivity contribution is 6.04. The number of amides is 2. The third-order valence-electron chi connectivity index (χ3n) is 4.25. The van der Waals surface area contributed by atoms with E-state index >= 15 is 0 Å². The number of rotatable bonds is 4. The van der Waals surface area contributed by atoms with Crippen molar-refractivity contribution in [3.63, 3.8) is 0 Å². The third kappa shape index (κ3) is 3.47. The number of nitrogens with one attached hydrogen (secondary N) is 1. The summed E-state index contributed by atoms with van der Waals surface area (Å²) in [6, 6.07) is 11.5. The van der Waals surface area contributed by atoms with Crippen LogP contribution in [0, 0.1) is 18.7 Å². The lowest BCUT2D eigenvalue weighted by Gasteiger charge is -2.17. The van der Waals surface area contributed by atoms with Gasteiger partial charge < -0.3 is 15.0 Å². The fourth-order valence-electron chi connectivity index (χ4n) is 2.94. The maximum atomic E-state index is 13.9. The van der Waals surface area contributed by atoms with Gasteiger partial charge in [-0.05, 0) is 36.8 Å². The van der Waals surface area contributed by atoms with Gasteiger partial charge in [0.05, 0.1) is 24.4 Å². The summed E-state index contributed by atoms with van der Waals surface area (Å²) in [7, 11) is 1.53. The quantitative estimate of drug-likeness (QED) is 0.929. The maximum Gasteiger partial charge on any atom is 0.229 e. The number of halogens is 1. The lowest BCUT2D eigenvalue weighted by atomic mass is 10.1. The average Bonchev–Trinajstić information content (AvgIpc) is 2.97. The van der Waals surface area contributed by atoms with Crippen molar-refractivity contribution >= 4 is 23.2 Å². The molecule has 1 heterocycles. The number of carbonyl (C=O) groups excluding carboxylic acids is 2. The van der Waals surface area contributed by atoms with Gasteiger partial charge in [0.2, 0.25) is 11.8 Å². The molecule has 2 aromatic rings. The fraction of sp³-hybridized carbons (Fsp3) is 0.263. The molecule has 0 aromatic heterocycles. The number of nitrogens with zero attached hydrogens (tertiary/aromatic N) is 1. The van der Waals surface area contributed by atoms with E-state index in [0.29, 0.717) is 11.4 Å². The second kappa shape index (κ2) is 6.93. The predicted octanol–water partition coefficient (Wildman–Crippen LogP) is 3.13. The van der Waals surface area contributed by atoms with Crippen molar-refractivity contribution in [3.05, 3.63) is 53.8 Å². The molecular formula is C19H19FN2O3. The first-order valence-corrected chi connectivity index (χ1v) is 8.00. The molecule has 1 atom stereocenters. The summed E-state index contributed by atoms with van der Waals surface area (Å²) >= 11 is 0. The van der Waals surface area contributed by atoms with Crippen molar-refractivity contribution in [2.24, 2.45) is 5.92 Å². The van der Waals surface area contributed by atoms with E-state index in [-0.39, 0.29) is 30.5 Å². The Morgan fingerprint density at radius 1 is 1.28 bits per heavy atom. The summed E-state index contributed by atoms with van der Waals surface area (Å²) in [6.07, 6.45) is 0.0499. The van der Waals surface area contributed by atoms with E-state index in [4.69, 9.17) is 4.74 Å². The van der Waals surface area contributed by atoms with E-state index in [0.717, 1.165) is 5.56 Å². The first-order chi connectivity index (χ1) is 12.0. The molecule has 1 fully saturated rings. The molecule has 1 aliphatic rings. The molecule has 0 unspecified atom stereocenters. The van der Waals surface area contributed by atoms with Crippen LogP contribution in [0.2, 0.25) is 0 Å². The number of benzene rings is 2. The zero-order chi connectivity index (χ0) is 18.0. The molecule has 2 aromatic carbocycles. The number of hydrogen-bond donors (Lipinski definition) is 1. The zero-order valence-corrected chi connectivity index (χ0v) is 14.1. The minimum atomic E-state index is -0.544. The van der Waals surface area contributed by atoms with Gasteiger partial charge in [-0.15, -0.1) is 0 Å². The molecule has 1 aliphatic heterocycles. The monoisotopic (exact) mass is 342 g/mol. The molecule has 25 heavy (non-hydrogen) atoms. The van der Waals surface area contributed by atoms with Crippen molar-refractivity contribution in [1.29, 1.82) is 0 Å². The second-order valence-corrected chi connectivity index (χ2v) is 6.05. The topological polar surface area (TPSA) is 58.6 Å². The highest BCUT2D eigenvalue weighted by Gasteiger charge is 2.36. The van der Waals surface area contributed by atoms with Crippen LogP contribution < -0.4 is 15.0 Å². The van der Waals surface area contributed by atoms with Crippen LogP contribution in [0.5, 0.6) is 5.75 Å². The van der Waals surface area contributed by atoms with Gasteiger partial charge in [-0.25, -0.2) is 4.39 Å². The SMILES string of the molecule is COc1ccc(C)cc1NC(=O)[C@H]1CC(=O)N(c2ccccc2F)C1.